The van der Waals surface area contributed by atoms with Gasteiger partial charge in [0.25, 0.3) is 0 Å². The van der Waals surface area contributed by atoms with E-state index in [1.807, 2.05) is 6.92 Å². The zero-order valence-electron chi connectivity index (χ0n) is 8.84. The first kappa shape index (κ1) is 10.6. The summed E-state index contributed by atoms with van der Waals surface area (Å²) in [5, 5.41) is 18.0. The lowest BCUT2D eigenvalue weighted by atomic mass is 10.2. The van der Waals surface area contributed by atoms with Crippen LogP contribution >= 0.6 is 0 Å². The minimum Gasteiger partial charge on any atom is -0.396 e. The third-order valence-electron chi connectivity index (χ3n) is 2.27. The molecule has 0 bridgehead atoms. The number of nitrogens with zero attached hydrogens (tertiary/aromatic N) is 3. The van der Waals surface area contributed by atoms with Gasteiger partial charge in [0.15, 0.2) is 5.65 Å². The molecule has 0 saturated heterocycles. The molecule has 1 atom stereocenters. The molecule has 0 amide bonds. The number of fused-ring (bicyclic) bond motifs is 1. The Hall–Kier alpha value is -1.89. The highest BCUT2D eigenvalue weighted by Gasteiger charge is 2.05. The SMILES string of the molecule is CC(CCO)Nc1cc2n[nH]c(=O)n2cn1. The largest absolute Gasteiger partial charge is 0.396 e. The molecule has 3 N–H and O–H groups in total. The van der Waals surface area contributed by atoms with Crippen LogP contribution in [-0.4, -0.2) is 37.3 Å². The van der Waals surface area contributed by atoms with Crippen molar-refractivity contribution in [2.24, 2.45) is 0 Å². The molecule has 16 heavy (non-hydrogen) atoms. The maximum absolute atomic E-state index is 11.2. The van der Waals surface area contributed by atoms with Crippen molar-refractivity contribution in [3.8, 4) is 0 Å². The van der Waals surface area contributed by atoms with E-state index in [-0.39, 0.29) is 18.3 Å². The summed E-state index contributed by atoms with van der Waals surface area (Å²) in [7, 11) is 0. The van der Waals surface area contributed by atoms with E-state index in [0.29, 0.717) is 17.9 Å². The molecule has 2 rings (SSSR count). The standard InChI is InChI=1S/C9H13N5O2/c1-6(2-3-15)11-7-4-8-12-13-9(16)14(8)5-10-7/h4-6,11,15H,2-3H2,1H3,(H,13,16). The number of rotatable bonds is 4. The van der Waals surface area contributed by atoms with Crippen LogP contribution in [0.15, 0.2) is 17.2 Å². The van der Waals surface area contributed by atoms with Crippen molar-refractivity contribution in [1.29, 1.82) is 0 Å². The van der Waals surface area contributed by atoms with E-state index in [4.69, 9.17) is 5.11 Å². The predicted octanol–water partition coefficient (Wildman–Crippen LogP) is -0.400. The van der Waals surface area contributed by atoms with Crippen LogP contribution in [0.1, 0.15) is 13.3 Å². The molecule has 2 heterocycles. The van der Waals surface area contributed by atoms with Crippen molar-refractivity contribution in [2.75, 3.05) is 11.9 Å². The Morgan fingerprint density at radius 3 is 3.25 bits per heavy atom. The first-order valence-corrected chi connectivity index (χ1v) is 5.01. The van der Waals surface area contributed by atoms with Crippen LogP contribution in [0.2, 0.25) is 0 Å². The van der Waals surface area contributed by atoms with Gasteiger partial charge in [0, 0.05) is 18.7 Å². The lowest BCUT2D eigenvalue weighted by Gasteiger charge is -2.12. The summed E-state index contributed by atoms with van der Waals surface area (Å²) in [6.45, 7) is 2.07. The number of hydrogen-bond acceptors (Lipinski definition) is 5. The van der Waals surface area contributed by atoms with E-state index in [1.54, 1.807) is 6.07 Å². The zero-order valence-corrected chi connectivity index (χ0v) is 8.84. The van der Waals surface area contributed by atoms with Gasteiger partial charge in [-0.25, -0.2) is 19.3 Å². The second-order valence-electron chi connectivity index (χ2n) is 3.59. The normalized spacial score (nSPS) is 12.9. The summed E-state index contributed by atoms with van der Waals surface area (Å²) in [6.07, 6.45) is 2.05. The number of aliphatic hydroxyl groups is 1. The van der Waals surface area contributed by atoms with Gasteiger partial charge in [-0.15, -0.1) is 0 Å². The van der Waals surface area contributed by atoms with Gasteiger partial charge < -0.3 is 10.4 Å². The molecule has 1 unspecified atom stereocenters. The minimum absolute atomic E-state index is 0.116. The quantitative estimate of drug-likeness (QED) is 0.655. The Kier molecular flexibility index (Phi) is 2.86. The van der Waals surface area contributed by atoms with Crippen LogP contribution in [0.25, 0.3) is 5.65 Å². The van der Waals surface area contributed by atoms with E-state index in [0.717, 1.165) is 0 Å². The van der Waals surface area contributed by atoms with Crippen molar-refractivity contribution in [1.82, 2.24) is 19.6 Å². The number of H-pyrrole nitrogens is 1. The Morgan fingerprint density at radius 2 is 2.50 bits per heavy atom. The average molecular weight is 223 g/mol. The monoisotopic (exact) mass is 223 g/mol. The maximum atomic E-state index is 11.2. The number of aromatic nitrogens is 4. The highest BCUT2D eigenvalue weighted by molar-refractivity contribution is 5.48. The average Bonchev–Trinajstić information content (AvgIpc) is 2.60. The van der Waals surface area contributed by atoms with Gasteiger partial charge in [-0.3, -0.25) is 0 Å². The predicted molar refractivity (Wildman–Crippen MR) is 58.4 cm³/mol. The number of aliphatic hydroxyl groups excluding tert-OH is 1. The molecule has 2 aromatic heterocycles. The molecule has 0 aromatic carbocycles. The Labute approximate surface area is 91.1 Å². The van der Waals surface area contributed by atoms with E-state index >= 15 is 0 Å². The van der Waals surface area contributed by atoms with Crippen LogP contribution < -0.4 is 11.0 Å². The smallest absolute Gasteiger partial charge is 0.348 e. The van der Waals surface area contributed by atoms with Crippen molar-refractivity contribution in [3.63, 3.8) is 0 Å². The van der Waals surface area contributed by atoms with Crippen molar-refractivity contribution in [2.45, 2.75) is 19.4 Å². The minimum atomic E-state index is -0.308. The molecule has 0 aliphatic heterocycles. The Morgan fingerprint density at radius 1 is 1.69 bits per heavy atom. The fraction of sp³-hybridized carbons (Fsp3) is 0.444. The van der Waals surface area contributed by atoms with Crippen LogP contribution in [0.5, 0.6) is 0 Å². The third-order valence-corrected chi connectivity index (χ3v) is 2.27. The van der Waals surface area contributed by atoms with Gasteiger partial charge in [-0.05, 0) is 13.3 Å². The third kappa shape index (κ3) is 2.03. The van der Waals surface area contributed by atoms with Gasteiger partial charge in [-0.2, -0.15) is 5.10 Å². The Balaban J connectivity index is 2.23. The fourth-order valence-electron chi connectivity index (χ4n) is 1.41. The number of aromatic amines is 1. The summed E-state index contributed by atoms with van der Waals surface area (Å²) in [4.78, 5) is 15.2. The van der Waals surface area contributed by atoms with Crippen LogP contribution in [0, 0.1) is 0 Å². The number of anilines is 1. The van der Waals surface area contributed by atoms with Crippen LogP contribution in [0.4, 0.5) is 5.82 Å². The lowest BCUT2D eigenvalue weighted by Crippen LogP contribution is -2.18. The molecule has 0 aliphatic rings. The molecular weight excluding hydrogens is 210 g/mol. The van der Waals surface area contributed by atoms with Gasteiger partial charge in [0.2, 0.25) is 0 Å². The number of hydrogen-bond donors (Lipinski definition) is 3. The molecule has 86 valence electrons. The molecule has 0 fully saturated rings. The van der Waals surface area contributed by atoms with Crippen molar-refractivity contribution >= 4 is 11.5 Å². The summed E-state index contributed by atoms with van der Waals surface area (Å²) >= 11 is 0. The molecule has 0 aliphatic carbocycles. The van der Waals surface area contributed by atoms with Gasteiger partial charge in [0.05, 0.1) is 0 Å². The van der Waals surface area contributed by atoms with Crippen LogP contribution in [0.3, 0.4) is 0 Å². The van der Waals surface area contributed by atoms with Gasteiger partial charge in [-0.1, -0.05) is 0 Å². The van der Waals surface area contributed by atoms with Gasteiger partial charge in [0.1, 0.15) is 12.1 Å². The first-order valence-electron chi connectivity index (χ1n) is 5.01. The summed E-state index contributed by atoms with van der Waals surface area (Å²) in [5.74, 6) is 0.632. The molecule has 0 radical (unpaired) electrons. The van der Waals surface area contributed by atoms with E-state index in [2.05, 4.69) is 20.5 Å². The highest BCUT2D eigenvalue weighted by Crippen LogP contribution is 2.07. The lowest BCUT2D eigenvalue weighted by molar-refractivity contribution is 0.282. The molecule has 2 aromatic rings. The van der Waals surface area contributed by atoms with E-state index in [1.165, 1.54) is 10.7 Å². The van der Waals surface area contributed by atoms with Crippen molar-refractivity contribution in [3.05, 3.63) is 22.9 Å². The molecular formula is C9H13N5O2. The summed E-state index contributed by atoms with van der Waals surface area (Å²) in [5.41, 5.74) is 0.205. The maximum Gasteiger partial charge on any atom is 0.348 e. The van der Waals surface area contributed by atoms with Crippen LogP contribution in [-0.2, 0) is 0 Å². The van der Waals surface area contributed by atoms with Gasteiger partial charge >= 0.3 is 5.69 Å². The number of nitrogens with one attached hydrogen (secondary N) is 2. The molecule has 0 spiro atoms. The summed E-state index contributed by atoms with van der Waals surface area (Å²) in [6, 6.07) is 1.79. The topological polar surface area (TPSA) is 95.3 Å². The highest BCUT2D eigenvalue weighted by atomic mass is 16.3. The molecule has 0 saturated carbocycles. The Bertz CT molecular complexity index is 532. The second kappa shape index (κ2) is 4.31. The van der Waals surface area contributed by atoms with Crippen molar-refractivity contribution < 1.29 is 5.11 Å². The summed E-state index contributed by atoms with van der Waals surface area (Å²) < 4.78 is 1.32. The molecule has 7 heteroatoms. The molecule has 7 nitrogen and oxygen atoms in total. The zero-order chi connectivity index (χ0) is 11.5. The van der Waals surface area contributed by atoms with E-state index < -0.39 is 0 Å². The second-order valence-corrected chi connectivity index (χ2v) is 3.59. The first-order chi connectivity index (χ1) is 7.70. The van der Waals surface area contributed by atoms with E-state index in [9.17, 15) is 4.79 Å². The fourth-order valence-corrected chi connectivity index (χ4v) is 1.41.